The van der Waals surface area contributed by atoms with Crippen molar-refractivity contribution in [3.8, 4) is 0 Å². The molecule has 1 aliphatic heterocycles. The molecule has 0 saturated heterocycles. The lowest BCUT2D eigenvalue weighted by Gasteiger charge is -2.18. The van der Waals surface area contributed by atoms with Gasteiger partial charge in [0.25, 0.3) is 0 Å². The van der Waals surface area contributed by atoms with Gasteiger partial charge in [-0.05, 0) is 26.8 Å². The monoisotopic (exact) mass is 164 g/mol. The molecule has 1 nitrogen and oxygen atoms in total. The molecule has 0 aromatic carbocycles. The van der Waals surface area contributed by atoms with E-state index in [1.165, 1.54) is 5.57 Å². The van der Waals surface area contributed by atoms with E-state index < -0.39 is 0 Å². The van der Waals surface area contributed by atoms with Crippen LogP contribution >= 0.6 is 0 Å². The quantitative estimate of drug-likeness (QED) is 0.609. The van der Waals surface area contributed by atoms with E-state index in [1.54, 1.807) is 6.08 Å². The van der Waals surface area contributed by atoms with Gasteiger partial charge in [-0.2, -0.15) is 0 Å². The minimum absolute atomic E-state index is 0.0855. The Morgan fingerprint density at radius 2 is 2.17 bits per heavy atom. The van der Waals surface area contributed by atoms with Crippen molar-refractivity contribution in [2.45, 2.75) is 32.8 Å². The Labute approximate surface area is 74.4 Å². The number of hydrogen-bond acceptors (Lipinski definition) is 1. The number of allylic oxidation sites excluding steroid dienone is 2. The average molecular weight is 164 g/mol. The van der Waals surface area contributed by atoms with E-state index in [1.807, 2.05) is 6.92 Å². The lowest BCUT2D eigenvalue weighted by atomic mass is 9.97. The van der Waals surface area contributed by atoms with Crippen LogP contribution in [0.15, 0.2) is 36.1 Å². The molecule has 12 heavy (non-hydrogen) atoms. The van der Waals surface area contributed by atoms with Crippen LogP contribution in [0.1, 0.15) is 27.2 Å². The maximum atomic E-state index is 5.67. The zero-order valence-corrected chi connectivity index (χ0v) is 8.11. The van der Waals surface area contributed by atoms with Crippen molar-refractivity contribution < 1.29 is 4.74 Å². The van der Waals surface area contributed by atoms with Crippen LogP contribution in [0.2, 0.25) is 0 Å². The standard InChI is InChI=1S/C11H16O/c1-6-10-9(8(2)3)7-11(4,5)12-10/h6H,1-2,7H2,3-5H3. The lowest BCUT2D eigenvalue weighted by Crippen LogP contribution is -2.17. The molecule has 1 heteroatoms. The molecule has 0 saturated carbocycles. The summed E-state index contributed by atoms with van der Waals surface area (Å²) >= 11 is 0. The molecule has 0 aromatic heterocycles. The molecule has 0 bridgehead atoms. The van der Waals surface area contributed by atoms with Crippen LogP contribution < -0.4 is 0 Å². The second kappa shape index (κ2) is 2.81. The highest BCUT2D eigenvalue weighted by Crippen LogP contribution is 2.36. The first-order chi connectivity index (χ1) is 5.46. The summed E-state index contributed by atoms with van der Waals surface area (Å²) in [5, 5.41) is 0. The molecule has 0 aromatic rings. The fourth-order valence-electron chi connectivity index (χ4n) is 1.43. The van der Waals surface area contributed by atoms with Crippen molar-refractivity contribution in [2.24, 2.45) is 0 Å². The molecule has 0 amide bonds. The third-order valence-electron chi connectivity index (χ3n) is 1.99. The predicted octanol–water partition coefficient (Wildman–Crippen LogP) is 3.20. The van der Waals surface area contributed by atoms with Gasteiger partial charge in [-0.15, -0.1) is 0 Å². The van der Waals surface area contributed by atoms with Crippen LogP contribution in [0.3, 0.4) is 0 Å². The number of hydrogen-bond donors (Lipinski definition) is 0. The smallest absolute Gasteiger partial charge is 0.123 e. The van der Waals surface area contributed by atoms with Crippen molar-refractivity contribution in [2.75, 3.05) is 0 Å². The molecule has 1 heterocycles. The molecular formula is C11H16O. The summed E-state index contributed by atoms with van der Waals surface area (Å²) in [5.41, 5.74) is 2.20. The molecule has 0 N–H and O–H groups in total. The van der Waals surface area contributed by atoms with Crippen LogP contribution in [-0.4, -0.2) is 5.60 Å². The minimum atomic E-state index is -0.0855. The maximum absolute atomic E-state index is 5.67. The zero-order valence-electron chi connectivity index (χ0n) is 8.11. The highest BCUT2D eigenvalue weighted by Gasteiger charge is 2.30. The zero-order chi connectivity index (χ0) is 9.35. The van der Waals surface area contributed by atoms with Gasteiger partial charge in [0.1, 0.15) is 11.4 Å². The minimum Gasteiger partial charge on any atom is -0.487 e. The average Bonchev–Trinajstić information content (AvgIpc) is 2.25. The van der Waals surface area contributed by atoms with E-state index in [2.05, 4.69) is 27.0 Å². The molecule has 0 fully saturated rings. The Balaban J connectivity index is 2.95. The molecule has 0 aliphatic carbocycles. The summed E-state index contributed by atoms with van der Waals surface area (Å²) in [5.74, 6) is 0.896. The van der Waals surface area contributed by atoms with E-state index in [9.17, 15) is 0 Å². The number of rotatable bonds is 2. The molecule has 0 radical (unpaired) electrons. The van der Waals surface area contributed by atoms with Crippen LogP contribution in [0, 0.1) is 0 Å². The molecular weight excluding hydrogens is 148 g/mol. The summed E-state index contributed by atoms with van der Waals surface area (Å²) in [6, 6.07) is 0. The third kappa shape index (κ3) is 1.60. The van der Waals surface area contributed by atoms with Gasteiger partial charge in [-0.25, -0.2) is 0 Å². The van der Waals surface area contributed by atoms with Crippen molar-refractivity contribution in [1.29, 1.82) is 0 Å². The molecule has 1 rings (SSSR count). The van der Waals surface area contributed by atoms with Crippen LogP contribution in [0.5, 0.6) is 0 Å². The Morgan fingerprint density at radius 3 is 2.50 bits per heavy atom. The second-order valence-corrected chi connectivity index (χ2v) is 3.87. The van der Waals surface area contributed by atoms with E-state index >= 15 is 0 Å². The van der Waals surface area contributed by atoms with Gasteiger partial charge in [0.15, 0.2) is 0 Å². The molecule has 1 aliphatic rings. The fourth-order valence-corrected chi connectivity index (χ4v) is 1.43. The van der Waals surface area contributed by atoms with E-state index in [0.717, 1.165) is 17.8 Å². The molecule has 0 atom stereocenters. The first-order valence-corrected chi connectivity index (χ1v) is 4.17. The van der Waals surface area contributed by atoms with Gasteiger partial charge >= 0.3 is 0 Å². The van der Waals surface area contributed by atoms with E-state index in [4.69, 9.17) is 4.74 Å². The van der Waals surface area contributed by atoms with Gasteiger partial charge in [0.05, 0.1) is 0 Å². The Morgan fingerprint density at radius 1 is 1.58 bits per heavy atom. The predicted molar refractivity (Wildman–Crippen MR) is 51.8 cm³/mol. The first-order valence-electron chi connectivity index (χ1n) is 4.17. The Hall–Kier alpha value is -0.980. The third-order valence-corrected chi connectivity index (χ3v) is 1.99. The van der Waals surface area contributed by atoms with Gasteiger partial charge in [-0.3, -0.25) is 0 Å². The topological polar surface area (TPSA) is 9.23 Å². The van der Waals surface area contributed by atoms with Crippen molar-refractivity contribution in [3.05, 3.63) is 36.1 Å². The summed E-state index contributed by atoms with van der Waals surface area (Å²) in [7, 11) is 0. The van der Waals surface area contributed by atoms with Crippen LogP contribution in [0.4, 0.5) is 0 Å². The maximum Gasteiger partial charge on any atom is 0.123 e. The number of ether oxygens (including phenoxy) is 1. The molecule has 66 valence electrons. The summed E-state index contributed by atoms with van der Waals surface area (Å²) in [6.45, 7) is 13.8. The first kappa shape index (κ1) is 9.11. The fraction of sp³-hybridized carbons (Fsp3) is 0.455. The SMILES string of the molecule is C=CC1=C(C(=C)C)CC(C)(C)O1. The van der Waals surface area contributed by atoms with Gasteiger partial charge in [-0.1, -0.05) is 18.7 Å². The molecule has 0 spiro atoms. The summed E-state index contributed by atoms with van der Waals surface area (Å²) in [4.78, 5) is 0. The van der Waals surface area contributed by atoms with Gasteiger partial charge in [0, 0.05) is 12.0 Å². The highest BCUT2D eigenvalue weighted by atomic mass is 16.5. The Bertz CT molecular complexity index is 256. The van der Waals surface area contributed by atoms with E-state index in [-0.39, 0.29) is 5.60 Å². The molecule has 0 unspecified atom stereocenters. The summed E-state index contributed by atoms with van der Waals surface area (Å²) in [6.07, 6.45) is 2.70. The second-order valence-electron chi connectivity index (χ2n) is 3.87. The van der Waals surface area contributed by atoms with Crippen LogP contribution in [-0.2, 0) is 4.74 Å². The highest BCUT2D eigenvalue weighted by molar-refractivity contribution is 5.38. The van der Waals surface area contributed by atoms with E-state index in [0.29, 0.717) is 0 Å². The van der Waals surface area contributed by atoms with Crippen molar-refractivity contribution >= 4 is 0 Å². The van der Waals surface area contributed by atoms with Gasteiger partial charge in [0.2, 0.25) is 0 Å². The lowest BCUT2D eigenvalue weighted by molar-refractivity contribution is 0.0683. The normalized spacial score (nSPS) is 20.6. The van der Waals surface area contributed by atoms with Crippen LogP contribution in [0.25, 0.3) is 0 Å². The largest absolute Gasteiger partial charge is 0.487 e. The Kier molecular flexibility index (Phi) is 2.14. The van der Waals surface area contributed by atoms with Crippen molar-refractivity contribution in [3.63, 3.8) is 0 Å². The van der Waals surface area contributed by atoms with Gasteiger partial charge < -0.3 is 4.74 Å². The van der Waals surface area contributed by atoms with Crippen molar-refractivity contribution in [1.82, 2.24) is 0 Å². The summed E-state index contributed by atoms with van der Waals surface area (Å²) < 4.78 is 5.67.